The lowest BCUT2D eigenvalue weighted by molar-refractivity contribution is -0.137. The maximum Gasteiger partial charge on any atom is 0.282 e. The summed E-state index contributed by atoms with van der Waals surface area (Å²) in [5, 5.41) is 4.89. The summed E-state index contributed by atoms with van der Waals surface area (Å²) in [5.74, 6) is 1.23. The van der Waals surface area contributed by atoms with Crippen molar-refractivity contribution in [2.24, 2.45) is 5.10 Å². The molecule has 0 radical (unpaired) electrons. The summed E-state index contributed by atoms with van der Waals surface area (Å²) in [6.45, 7) is 3.88. The second kappa shape index (κ2) is 10.8. The number of hydrogen-bond acceptors (Lipinski definition) is 7. The highest BCUT2D eigenvalue weighted by Gasteiger charge is 2.19. The monoisotopic (exact) mass is 528 g/mol. The molecule has 1 aromatic heterocycles. The van der Waals surface area contributed by atoms with Crippen molar-refractivity contribution in [3.63, 3.8) is 0 Å². The zero-order chi connectivity index (χ0) is 24.1. The van der Waals surface area contributed by atoms with E-state index in [1.165, 1.54) is 18.0 Å². The highest BCUT2D eigenvalue weighted by molar-refractivity contribution is 9.10. The van der Waals surface area contributed by atoms with Crippen molar-refractivity contribution >= 4 is 39.0 Å². The van der Waals surface area contributed by atoms with Gasteiger partial charge in [0.05, 0.1) is 37.4 Å². The third-order valence-corrected chi connectivity index (χ3v) is 5.93. The molecule has 34 heavy (non-hydrogen) atoms. The molecule has 1 saturated heterocycles. The number of para-hydroxylation sites is 1. The Morgan fingerprint density at radius 2 is 2.06 bits per heavy atom. The van der Waals surface area contributed by atoms with Crippen LogP contribution in [0.5, 0.6) is 11.5 Å². The second-order valence-corrected chi connectivity index (χ2v) is 8.48. The lowest BCUT2D eigenvalue weighted by atomic mass is 10.2. The van der Waals surface area contributed by atoms with Crippen molar-refractivity contribution in [3.8, 4) is 11.5 Å². The first-order chi connectivity index (χ1) is 16.5. The van der Waals surface area contributed by atoms with E-state index in [9.17, 15) is 9.59 Å². The Balaban J connectivity index is 1.66. The smallest absolute Gasteiger partial charge is 0.282 e. The van der Waals surface area contributed by atoms with E-state index in [-0.39, 0.29) is 18.1 Å². The Labute approximate surface area is 205 Å². The number of amides is 1. The SMILES string of the molecule is CCc1nc2ccc(Br)cc2c(=O)n1N=Cc1cccc(OC)c1OCC(=O)N1CCOCC1. The molecule has 2 aromatic carbocycles. The van der Waals surface area contributed by atoms with Crippen LogP contribution >= 0.6 is 15.9 Å². The molecule has 9 nitrogen and oxygen atoms in total. The summed E-state index contributed by atoms with van der Waals surface area (Å²) in [6, 6.07) is 10.7. The Kier molecular flexibility index (Phi) is 7.59. The van der Waals surface area contributed by atoms with Gasteiger partial charge < -0.3 is 19.1 Å². The number of benzene rings is 2. The third kappa shape index (κ3) is 5.13. The molecule has 0 unspecified atom stereocenters. The summed E-state index contributed by atoms with van der Waals surface area (Å²) in [4.78, 5) is 32.0. The average molecular weight is 529 g/mol. The number of carbonyl (C=O) groups is 1. The van der Waals surface area contributed by atoms with Crippen molar-refractivity contribution in [1.82, 2.24) is 14.6 Å². The molecule has 0 bridgehead atoms. The quantitative estimate of drug-likeness (QED) is 0.437. The fourth-order valence-electron chi connectivity index (χ4n) is 3.65. The Morgan fingerprint density at radius 1 is 1.26 bits per heavy atom. The molecule has 3 aromatic rings. The van der Waals surface area contributed by atoms with Gasteiger partial charge in [0.25, 0.3) is 11.5 Å². The molecule has 1 amide bonds. The Hall–Kier alpha value is -3.24. The number of ether oxygens (including phenoxy) is 3. The molecule has 0 spiro atoms. The van der Waals surface area contributed by atoms with Crippen molar-refractivity contribution in [3.05, 3.63) is 62.6 Å². The van der Waals surface area contributed by atoms with E-state index < -0.39 is 0 Å². The van der Waals surface area contributed by atoms with Gasteiger partial charge in [0.1, 0.15) is 5.82 Å². The number of halogens is 1. The van der Waals surface area contributed by atoms with Crippen molar-refractivity contribution in [2.75, 3.05) is 40.0 Å². The first-order valence-electron chi connectivity index (χ1n) is 10.9. The molecule has 1 fully saturated rings. The van der Waals surface area contributed by atoms with Gasteiger partial charge in [-0.2, -0.15) is 9.78 Å². The number of carbonyl (C=O) groups excluding carboxylic acids is 1. The van der Waals surface area contributed by atoms with E-state index in [0.717, 1.165) is 4.47 Å². The Bertz CT molecular complexity index is 1280. The number of methoxy groups -OCH3 is 1. The van der Waals surface area contributed by atoms with E-state index in [2.05, 4.69) is 26.0 Å². The minimum atomic E-state index is -0.271. The summed E-state index contributed by atoms with van der Waals surface area (Å²) in [5.41, 5.74) is 0.910. The minimum absolute atomic E-state index is 0.133. The maximum atomic E-state index is 13.2. The van der Waals surface area contributed by atoms with Crippen LogP contribution in [0.4, 0.5) is 0 Å². The first-order valence-corrected chi connectivity index (χ1v) is 11.7. The molecule has 2 heterocycles. The van der Waals surface area contributed by atoms with Crippen molar-refractivity contribution in [2.45, 2.75) is 13.3 Å². The van der Waals surface area contributed by atoms with Crippen molar-refractivity contribution < 1.29 is 19.0 Å². The average Bonchev–Trinajstić information content (AvgIpc) is 2.87. The molecule has 0 aliphatic carbocycles. The predicted molar refractivity (Wildman–Crippen MR) is 132 cm³/mol. The summed E-state index contributed by atoms with van der Waals surface area (Å²) in [6.07, 6.45) is 2.04. The molecular weight excluding hydrogens is 504 g/mol. The van der Waals surface area contributed by atoms with Crippen LogP contribution in [0.15, 0.2) is 50.8 Å². The topological polar surface area (TPSA) is 95.2 Å². The number of morpholine rings is 1. The maximum absolute atomic E-state index is 13.2. The third-order valence-electron chi connectivity index (χ3n) is 5.44. The van der Waals surface area contributed by atoms with Gasteiger partial charge in [-0.1, -0.05) is 28.9 Å². The van der Waals surface area contributed by atoms with Gasteiger partial charge in [0.15, 0.2) is 18.1 Å². The lowest BCUT2D eigenvalue weighted by Crippen LogP contribution is -2.43. The molecule has 1 aliphatic heterocycles. The normalized spacial score (nSPS) is 14.0. The molecule has 0 N–H and O–H groups in total. The zero-order valence-electron chi connectivity index (χ0n) is 19.0. The number of hydrogen-bond donors (Lipinski definition) is 0. The molecule has 0 saturated carbocycles. The standard InChI is InChI=1S/C24H25BrN4O5/c1-3-21-27-19-8-7-17(25)13-18(19)24(31)29(21)26-14-16-5-4-6-20(32-2)23(16)34-15-22(30)28-9-11-33-12-10-28/h4-8,13-14H,3,9-12,15H2,1-2H3. The molecule has 0 atom stereocenters. The molecule has 4 rings (SSSR count). The largest absolute Gasteiger partial charge is 0.493 e. The predicted octanol–water partition coefficient (Wildman–Crippen LogP) is 2.85. The number of fused-ring (bicyclic) bond motifs is 1. The first kappa shape index (κ1) is 23.9. The second-order valence-electron chi connectivity index (χ2n) is 7.57. The van der Waals surface area contributed by atoms with Crippen molar-refractivity contribution in [1.29, 1.82) is 0 Å². The zero-order valence-corrected chi connectivity index (χ0v) is 20.6. The highest BCUT2D eigenvalue weighted by Crippen LogP contribution is 2.30. The Morgan fingerprint density at radius 3 is 2.79 bits per heavy atom. The molecule has 10 heteroatoms. The van der Waals surface area contributed by atoms with E-state index >= 15 is 0 Å². The summed E-state index contributed by atoms with van der Waals surface area (Å²) in [7, 11) is 1.53. The van der Waals surface area contributed by atoms with E-state index in [1.54, 1.807) is 35.2 Å². The highest BCUT2D eigenvalue weighted by atomic mass is 79.9. The van der Waals surface area contributed by atoms with Gasteiger partial charge in [-0.15, -0.1) is 0 Å². The van der Waals surface area contributed by atoms with Gasteiger partial charge >= 0.3 is 0 Å². The fraction of sp³-hybridized carbons (Fsp3) is 0.333. The van der Waals surface area contributed by atoms with Gasteiger partial charge in [0, 0.05) is 29.5 Å². The van der Waals surface area contributed by atoms with Crippen LogP contribution < -0.4 is 15.0 Å². The molecular formula is C24H25BrN4O5. The van der Waals surface area contributed by atoms with E-state index in [4.69, 9.17) is 14.2 Å². The summed E-state index contributed by atoms with van der Waals surface area (Å²) < 4.78 is 18.7. The van der Waals surface area contributed by atoms with Crippen LogP contribution in [-0.2, 0) is 16.0 Å². The molecule has 1 aliphatic rings. The lowest BCUT2D eigenvalue weighted by Gasteiger charge is -2.27. The van der Waals surface area contributed by atoms with Gasteiger partial charge in [-0.3, -0.25) is 9.59 Å². The van der Waals surface area contributed by atoms with Gasteiger partial charge in [-0.05, 0) is 30.3 Å². The van der Waals surface area contributed by atoms with E-state index in [1.807, 2.05) is 13.0 Å². The summed E-state index contributed by atoms with van der Waals surface area (Å²) >= 11 is 3.40. The van der Waals surface area contributed by atoms with Crippen LogP contribution in [-0.4, -0.2) is 66.7 Å². The number of nitrogens with zero attached hydrogens (tertiary/aromatic N) is 4. The van der Waals surface area contributed by atoms with Gasteiger partial charge in [0.2, 0.25) is 0 Å². The fourth-order valence-corrected chi connectivity index (χ4v) is 4.01. The van der Waals surface area contributed by atoms with Gasteiger partial charge in [-0.25, -0.2) is 4.98 Å². The number of aryl methyl sites for hydroxylation is 1. The van der Waals surface area contributed by atoms with Crippen LogP contribution in [0, 0.1) is 0 Å². The number of rotatable bonds is 7. The van der Waals surface area contributed by atoms with Crippen LogP contribution in [0.1, 0.15) is 18.3 Å². The van der Waals surface area contributed by atoms with E-state index in [0.29, 0.717) is 66.5 Å². The molecule has 178 valence electrons. The van der Waals surface area contributed by atoms with Crippen LogP contribution in [0.3, 0.4) is 0 Å². The minimum Gasteiger partial charge on any atom is -0.493 e. The van der Waals surface area contributed by atoms with Crippen LogP contribution in [0.2, 0.25) is 0 Å². The van der Waals surface area contributed by atoms with Crippen LogP contribution in [0.25, 0.3) is 10.9 Å². The number of aromatic nitrogens is 2.